The Morgan fingerprint density at radius 1 is 0.854 bits per heavy atom. The van der Waals surface area contributed by atoms with Gasteiger partial charge in [0.1, 0.15) is 12.0 Å². The molecule has 1 spiro atoms. The van der Waals surface area contributed by atoms with E-state index in [1.54, 1.807) is 0 Å². The first kappa shape index (κ1) is 26.8. The van der Waals surface area contributed by atoms with Crippen LogP contribution in [0.4, 0.5) is 5.69 Å². The number of carbonyl (C=O) groups is 1. The molecule has 214 valence electrons. The lowest BCUT2D eigenvalue weighted by atomic mass is 9.69. The Labute approximate surface area is 245 Å². The molecule has 0 aromatic heterocycles. The van der Waals surface area contributed by atoms with E-state index in [9.17, 15) is 9.90 Å². The van der Waals surface area contributed by atoms with Gasteiger partial charge < -0.3 is 19.7 Å². The fourth-order valence-corrected chi connectivity index (χ4v) is 8.73. The maximum absolute atomic E-state index is 11.5. The van der Waals surface area contributed by atoms with E-state index in [1.165, 1.54) is 79.4 Å². The second-order valence-electron chi connectivity index (χ2n) is 13.5. The SMILES string of the molecule is O=C[C@@H]1CCCC[C@H]1CN1CC2(CCN(c3ccc(C4c5ccc(O)cc5CCC4c4ccccc4)cc3)CC2)C1. The summed E-state index contributed by atoms with van der Waals surface area (Å²) in [6, 6.07) is 26.4. The average Bonchev–Trinajstić information content (AvgIpc) is 3.01. The zero-order valence-corrected chi connectivity index (χ0v) is 24.3. The predicted molar refractivity (Wildman–Crippen MR) is 166 cm³/mol. The van der Waals surface area contributed by atoms with Crippen molar-refractivity contribution in [3.05, 3.63) is 95.1 Å². The highest BCUT2D eigenvalue weighted by molar-refractivity contribution is 5.54. The van der Waals surface area contributed by atoms with Crippen molar-refractivity contribution in [2.45, 2.75) is 63.2 Å². The van der Waals surface area contributed by atoms with Crippen LogP contribution in [0.5, 0.6) is 5.75 Å². The number of phenolic OH excluding ortho intramolecular Hbond substituents is 1. The van der Waals surface area contributed by atoms with E-state index < -0.39 is 0 Å². The summed E-state index contributed by atoms with van der Waals surface area (Å²) in [7, 11) is 0. The average molecular weight is 549 g/mol. The number of benzene rings is 3. The third kappa shape index (κ3) is 5.32. The van der Waals surface area contributed by atoms with Crippen LogP contribution in [-0.2, 0) is 11.2 Å². The molecule has 4 atom stereocenters. The van der Waals surface area contributed by atoms with Gasteiger partial charge in [0, 0.05) is 50.2 Å². The zero-order valence-electron chi connectivity index (χ0n) is 24.3. The molecule has 4 nitrogen and oxygen atoms in total. The molecule has 1 saturated carbocycles. The molecule has 2 unspecified atom stereocenters. The lowest BCUT2D eigenvalue weighted by molar-refractivity contribution is -0.114. The molecule has 2 heterocycles. The topological polar surface area (TPSA) is 43.8 Å². The Hall–Kier alpha value is -3.11. The maximum atomic E-state index is 11.5. The summed E-state index contributed by atoms with van der Waals surface area (Å²) in [6.45, 7) is 5.83. The number of piperidine rings is 1. The predicted octanol–water partition coefficient (Wildman–Crippen LogP) is 7.16. The van der Waals surface area contributed by atoms with Crippen LogP contribution in [0.2, 0.25) is 0 Å². The summed E-state index contributed by atoms with van der Waals surface area (Å²) in [6.07, 6.45) is 10.7. The van der Waals surface area contributed by atoms with E-state index in [0.717, 1.165) is 38.9 Å². The highest BCUT2D eigenvalue weighted by atomic mass is 16.3. The minimum atomic E-state index is 0.294. The van der Waals surface area contributed by atoms with E-state index in [2.05, 4.69) is 70.5 Å². The van der Waals surface area contributed by atoms with E-state index in [0.29, 0.717) is 34.8 Å². The van der Waals surface area contributed by atoms with Crippen LogP contribution in [0, 0.1) is 17.3 Å². The lowest BCUT2D eigenvalue weighted by Crippen LogP contribution is -2.61. The van der Waals surface area contributed by atoms with E-state index >= 15 is 0 Å². The first-order chi connectivity index (χ1) is 20.1. The quantitative estimate of drug-likeness (QED) is 0.332. The second kappa shape index (κ2) is 11.3. The number of aryl methyl sites for hydroxylation is 1. The largest absolute Gasteiger partial charge is 0.508 e. The van der Waals surface area contributed by atoms with Crippen molar-refractivity contribution in [1.82, 2.24) is 4.90 Å². The van der Waals surface area contributed by atoms with Gasteiger partial charge in [0.2, 0.25) is 0 Å². The molecule has 0 radical (unpaired) electrons. The van der Waals surface area contributed by atoms with Gasteiger partial charge in [-0.1, -0.05) is 61.4 Å². The van der Waals surface area contributed by atoms with E-state index in [-0.39, 0.29) is 0 Å². The highest BCUT2D eigenvalue weighted by Crippen LogP contribution is 2.48. The Bertz CT molecular complexity index is 1340. The van der Waals surface area contributed by atoms with Crippen LogP contribution in [-0.4, -0.2) is 49.0 Å². The van der Waals surface area contributed by atoms with Gasteiger partial charge in [-0.15, -0.1) is 0 Å². The molecule has 2 saturated heterocycles. The van der Waals surface area contributed by atoms with Gasteiger partial charge in [0.25, 0.3) is 0 Å². The molecule has 0 amide bonds. The number of fused-ring (bicyclic) bond motifs is 1. The number of aldehydes is 1. The molecular formula is C37H44N2O2. The third-order valence-corrected chi connectivity index (χ3v) is 11.0. The molecule has 3 fully saturated rings. The fourth-order valence-electron chi connectivity index (χ4n) is 8.73. The third-order valence-electron chi connectivity index (χ3n) is 11.0. The summed E-state index contributed by atoms with van der Waals surface area (Å²) in [5, 5.41) is 10.2. The van der Waals surface area contributed by atoms with Crippen molar-refractivity contribution in [2.24, 2.45) is 17.3 Å². The van der Waals surface area contributed by atoms with Gasteiger partial charge in [-0.05, 0) is 102 Å². The molecule has 1 N–H and O–H groups in total. The van der Waals surface area contributed by atoms with Crippen molar-refractivity contribution in [1.29, 1.82) is 0 Å². The number of nitrogens with zero attached hydrogens (tertiary/aromatic N) is 2. The van der Waals surface area contributed by atoms with Gasteiger partial charge in [0.05, 0.1) is 0 Å². The number of aromatic hydroxyl groups is 1. The molecule has 2 aliphatic carbocycles. The molecule has 41 heavy (non-hydrogen) atoms. The molecule has 0 bridgehead atoms. The minimum Gasteiger partial charge on any atom is -0.508 e. The van der Waals surface area contributed by atoms with Crippen LogP contribution in [0.15, 0.2) is 72.8 Å². The van der Waals surface area contributed by atoms with Gasteiger partial charge in [0.15, 0.2) is 0 Å². The van der Waals surface area contributed by atoms with E-state index in [1.807, 2.05) is 12.1 Å². The van der Waals surface area contributed by atoms with Gasteiger partial charge in [-0.2, -0.15) is 0 Å². The minimum absolute atomic E-state index is 0.294. The summed E-state index contributed by atoms with van der Waals surface area (Å²) < 4.78 is 0. The standard InChI is InChI=1S/C37H44N2O2/c40-24-31-9-5-4-8-30(31)23-38-25-37(26-38)18-20-39(21-19-37)32-13-10-28(11-14-32)36-34(27-6-2-1-3-7-27)16-12-29-22-33(41)15-17-35(29)36/h1-3,6-7,10-11,13-15,17,22,24,30-31,34,36,41H,4-5,8-9,12,16,18-21,23,25-26H2/t30-,31-,34?,36?/m0/s1. The Morgan fingerprint density at radius 3 is 2.37 bits per heavy atom. The smallest absolute Gasteiger partial charge is 0.123 e. The van der Waals surface area contributed by atoms with Crippen LogP contribution in [0.3, 0.4) is 0 Å². The van der Waals surface area contributed by atoms with Crippen molar-refractivity contribution >= 4 is 12.0 Å². The molecule has 3 aromatic carbocycles. The van der Waals surface area contributed by atoms with Gasteiger partial charge in [-0.3, -0.25) is 0 Å². The maximum Gasteiger partial charge on any atom is 0.123 e. The summed E-state index contributed by atoms with van der Waals surface area (Å²) in [5.74, 6) is 1.98. The highest BCUT2D eigenvalue weighted by Gasteiger charge is 2.45. The van der Waals surface area contributed by atoms with Crippen LogP contribution < -0.4 is 4.90 Å². The number of hydrogen-bond donors (Lipinski definition) is 1. The fraction of sp³-hybridized carbons (Fsp3) is 0.486. The van der Waals surface area contributed by atoms with Crippen molar-refractivity contribution in [3.63, 3.8) is 0 Å². The van der Waals surface area contributed by atoms with Crippen molar-refractivity contribution in [2.75, 3.05) is 37.6 Å². The van der Waals surface area contributed by atoms with Gasteiger partial charge >= 0.3 is 0 Å². The zero-order chi connectivity index (χ0) is 27.8. The van der Waals surface area contributed by atoms with Crippen LogP contribution >= 0.6 is 0 Å². The normalized spacial score (nSPS) is 27.7. The summed E-state index contributed by atoms with van der Waals surface area (Å²) in [4.78, 5) is 16.8. The molecular weight excluding hydrogens is 504 g/mol. The lowest BCUT2D eigenvalue weighted by Gasteiger charge is -2.55. The molecule has 3 aromatic rings. The van der Waals surface area contributed by atoms with Crippen LogP contribution in [0.1, 0.15) is 79.0 Å². The van der Waals surface area contributed by atoms with Crippen molar-refractivity contribution < 1.29 is 9.90 Å². The Morgan fingerprint density at radius 2 is 1.61 bits per heavy atom. The van der Waals surface area contributed by atoms with Crippen molar-refractivity contribution in [3.8, 4) is 5.75 Å². The number of hydrogen-bond acceptors (Lipinski definition) is 4. The number of anilines is 1. The van der Waals surface area contributed by atoms with Gasteiger partial charge in [-0.25, -0.2) is 0 Å². The Kier molecular flexibility index (Phi) is 7.37. The molecule has 2 aliphatic heterocycles. The number of likely N-dealkylation sites (tertiary alicyclic amines) is 1. The monoisotopic (exact) mass is 548 g/mol. The summed E-state index contributed by atoms with van der Waals surface area (Å²) in [5.41, 5.74) is 7.25. The second-order valence-corrected chi connectivity index (χ2v) is 13.5. The van der Waals surface area contributed by atoms with E-state index in [4.69, 9.17) is 0 Å². The first-order valence-corrected chi connectivity index (χ1v) is 16.0. The summed E-state index contributed by atoms with van der Waals surface area (Å²) >= 11 is 0. The molecule has 4 aliphatic rings. The first-order valence-electron chi connectivity index (χ1n) is 16.0. The molecule has 7 rings (SSSR count). The Balaban J connectivity index is 1.02. The molecule has 4 heteroatoms. The number of phenols is 1. The van der Waals surface area contributed by atoms with Crippen LogP contribution in [0.25, 0.3) is 0 Å². The number of rotatable bonds is 6. The number of carbonyl (C=O) groups excluding carboxylic acids is 1.